The summed E-state index contributed by atoms with van der Waals surface area (Å²) in [5.41, 5.74) is 6.84. The first-order valence-electron chi connectivity index (χ1n) is 6.32. The molecule has 0 aromatic heterocycles. The minimum Gasteiger partial charge on any atom is -0.490 e. The summed E-state index contributed by atoms with van der Waals surface area (Å²) in [6, 6.07) is 7.93. The molecule has 0 amide bonds. The van der Waals surface area contributed by atoms with Gasteiger partial charge in [0.05, 0.1) is 12.1 Å². The van der Waals surface area contributed by atoms with Gasteiger partial charge in [-0.1, -0.05) is 25.2 Å². The first-order chi connectivity index (χ1) is 8.28. The third-order valence-electron chi connectivity index (χ3n) is 2.68. The van der Waals surface area contributed by atoms with Crippen LogP contribution in [0, 0.1) is 11.8 Å². The summed E-state index contributed by atoms with van der Waals surface area (Å²) in [6.07, 6.45) is 4.85. The average molecular weight is 229 g/mol. The molecule has 0 radical (unpaired) electrons. The summed E-state index contributed by atoms with van der Waals surface area (Å²) in [5.74, 6) is 7.09. The average Bonchev–Trinajstić information content (AvgIpc) is 3.13. The largest absolute Gasteiger partial charge is 0.490 e. The summed E-state index contributed by atoms with van der Waals surface area (Å²) in [6.45, 7) is 2.12. The highest BCUT2D eigenvalue weighted by atomic mass is 16.5. The van der Waals surface area contributed by atoms with Gasteiger partial charge in [0, 0.05) is 5.56 Å². The Morgan fingerprint density at radius 2 is 2.06 bits per heavy atom. The molecule has 2 rings (SSSR count). The SMILES string of the molecule is CCCC(N)C#Cc1ccc(OC2CC2)cc1. The number of hydrogen-bond acceptors (Lipinski definition) is 2. The minimum absolute atomic E-state index is 0.0117. The molecule has 2 N–H and O–H groups in total. The molecule has 2 nitrogen and oxygen atoms in total. The van der Waals surface area contributed by atoms with Gasteiger partial charge in [0.25, 0.3) is 0 Å². The molecule has 0 aliphatic heterocycles. The summed E-state index contributed by atoms with van der Waals surface area (Å²) < 4.78 is 5.67. The predicted molar refractivity (Wildman–Crippen MR) is 69.9 cm³/mol. The Balaban J connectivity index is 1.92. The molecule has 1 aromatic rings. The highest BCUT2D eigenvalue weighted by molar-refractivity contribution is 5.39. The molecule has 1 unspecified atom stereocenters. The molecule has 0 spiro atoms. The molecule has 0 saturated heterocycles. The number of rotatable bonds is 4. The maximum Gasteiger partial charge on any atom is 0.119 e. The van der Waals surface area contributed by atoms with Gasteiger partial charge in [0.15, 0.2) is 0 Å². The van der Waals surface area contributed by atoms with E-state index in [-0.39, 0.29) is 6.04 Å². The van der Waals surface area contributed by atoms with E-state index in [0.717, 1.165) is 24.2 Å². The Morgan fingerprint density at radius 3 is 2.65 bits per heavy atom. The lowest BCUT2D eigenvalue weighted by Crippen LogP contribution is -2.16. The second-order valence-corrected chi connectivity index (χ2v) is 4.51. The molecule has 1 saturated carbocycles. The van der Waals surface area contributed by atoms with Crippen LogP contribution in [0.25, 0.3) is 0 Å². The van der Waals surface area contributed by atoms with E-state index >= 15 is 0 Å². The normalized spacial score (nSPS) is 15.9. The fourth-order valence-electron chi connectivity index (χ4n) is 1.55. The van der Waals surface area contributed by atoms with Crippen LogP contribution in [-0.2, 0) is 0 Å². The quantitative estimate of drug-likeness (QED) is 0.806. The maximum absolute atomic E-state index is 5.84. The van der Waals surface area contributed by atoms with Gasteiger partial charge in [0.2, 0.25) is 0 Å². The third kappa shape index (κ3) is 4.13. The zero-order valence-electron chi connectivity index (χ0n) is 10.3. The van der Waals surface area contributed by atoms with Crippen LogP contribution in [0.15, 0.2) is 24.3 Å². The van der Waals surface area contributed by atoms with E-state index in [2.05, 4.69) is 18.8 Å². The maximum atomic E-state index is 5.84. The Morgan fingerprint density at radius 1 is 1.35 bits per heavy atom. The van der Waals surface area contributed by atoms with Crippen LogP contribution in [0.5, 0.6) is 5.75 Å². The first-order valence-corrected chi connectivity index (χ1v) is 6.32. The van der Waals surface area contributed by atoms with Crippen molar-refractivity contribution in [3.63, 3.8) is 0 Å². The Hall–Kier alpha value is -1.46. The van der Waals surface area contributed by atoms with Crippen molar-refractivity contribution >= 4 is 0 Å². The standard InChI is InChI=1S/C15H19NO/c1-2-3-13(16)7-4-12-5-8-14(9-6-12)17-15-10-11-15/h5-6,8-9,13,15H,2-3,10-11,16H2,1H3. The molecular weight excluding hydrogens is 210 g/mol. The molecular formula is C15H19NO. The fraction of sp³-hybridized carbons (Fsp3) is 0.467. The van der Waals surface area contributed by atoms with Crippen molar-refractivity contribution < 1.29 is 4.74 Å². The van der Waals surface area contributed by atoms with Crippen LogP contribution in [0.4, 0.5) is 0 Å². The van der Waals surface area contributed by atoms with Crippen molar-refractivity contribution in [2.24, 2.45) is 5.73 Å². The van der Waals surface area contributed by atoms with Crippen molar-refractivity contribution in [2.45, 2.75) is 44.8 Å². The van der Waals surface area contributed by atoms with E-state index in [1.54, 1.807) is 0 Å². The van der Waals surface area contributed by atoms with Gasteiger partial charge in [-0.3, -0.25) is 0 Å². The molecule has 0 heterocycles. The summed E-state index contributed by atoms with van der Waals surface area (Å²) in [4.78, 5) is 0. The highest BCUT2D eigenvalue weighted by Crippen LogP contribution is 2.26. The van der Waals surface area contributed by atoms with Gasteiger partial charge in [-0.05, 0) is 43.5 Å². The van der Waals surface area contributed by atoms with Crippen molar-refractivity contribution in [1.29, 1.82) is 0 Å². The lowest BCUT2D eigenvalue weighted by atomic mass is 10.1. The van der Waals surface area contributed by atoms with E-state index in [1.807, 2.05) is 24.3 Å². The monoisotopic (exact) mass is 229 g/mol. The van der Waals surface area contributed by atoms with Crippen LogP contribution in [0.3, 0.4) is 0 Å². The molecule has 1 fully saturated rings. The van der Waals surface area contributed by atoms with E-state index in [1.165, 1.54) is 12.8 Å². The number of benzene rings is 1. The van der Waals surface area contributed by atoms with Crippen LogP contribution < -0.4 is 10.5 Å². The fourth-order valence-corrected chi connectivity index (χ4v) is 1.55. The topological polar surface area (TPSA) is 35.2 Å². The van der Waals surface area contributed by atoms with Gasteiger partial charge in [-0.25, -0.2) is 0 Å². The van der Waals surface area contributed by atoms with E-state index in [0.29, 0.717) is 6.10 Å². The zero-order valence-corrected chi connectivity index (χ0v) is 10.3. The van der Waals surface area contributed by atoms with Crippen LogP contribution >= 0.6 is 0 Å². The smallest absolute Gasteiger partial charge is 0.119 e. The molecule has 1 aromatic carbocycles. The summed E-state index contributed by atoms with van der Waals surface area (Å²) in [7, 11) is 0. The van der Waals surface area contributed by atoms with Crippen molar-refractivity contribution in [2.75, 3.05) is 0 Å². The molecule has 17 heavy (non-hydrogen) atoms. The van der Waals surface area contributed by atoms with E-state index < -0.39 is 0 Å². The Bertz CT molecular complexity index is 409. The van der Waals surface area contributed by atoms with Gasteiger partial charge >= 0.3 is 0 Å². The Kier molecular flexibility index (Phi) is 4.06. The Labute approximate surface area is 103 Å². The van der Waals surface area contributed by atoms with Gasteiger partial charge in [0.1, 0.15) is 5.75 Å². The molecule has 2 heteroatoms. The van der Waals surface area contributed by atoms with Crippen LogP contribution in [-0.4, -0.2) is 12.1 Å². The van der Waals surface area contributed by atoms with Gasteiger partial charge in [-0.15, -0.1) is 0 Å². The second-order valence-electron chi connectivity index (χ2n) is 4.51. The zero-order chi connectivity index (χ0) is 12.1. The highest BCUT2D eigenvalue weighted by Gasteiger charge is 2.23. The van der Waals surface area contributed by atoms with Crippen LogP contribution in [0.2, 0.25) is 0 Å². The van der Waals surface area contributed by atoms with Crippen LogP contribution in [0.1, 0.15) is 38.2 Å². The molecule has 1 atom stereocenters. The summed E-state index contributed by atoms with van der Waals surface area (Å²) in [5, 5.41) is 0. The van der Waals surface area contributed by atoms with E-state index in [9.17, 15) is 0 Å². The first kappa shape index (κ1) is 12.0. The number of nitrogens with two attached hydrogens (primary N) is 1. The lowest BCUT2D eigenvalue weighted by molar-refractivity contribution is 0.303. The molecule has 1 aliphatic rings. The second kappa shape index (κ2) is 5.75. The third-order valence-corrected chi connectivity index (χ3v) is 2.68. The van der Waals surface area contributed by atoms with Crippen molar-refractivity contribution in [3.05, 3.63) is 29.8 Å². The lowest BCUT2D eigenvalue weighted by Gasteiger charge is -2.03. The number of hydrogen-bond donors (Lipinski definition) is 1. The molecule has 0 bridgehead atoms. The van der Waals surface area contributed by atoms with Crippen molar-refractivity contribution in [3.8, 4) is 17.6 Å². The number of ether oxygens (including phenoxy) is 1. The van der Waals surface area contributed by atoms with Gasteiger partial charge < -0.3 is 10.5 Å². The van der Waals surface area contributed by atoms with Gasteiger partial charge in [-0.2, -0.15) is 0 Å². The summed E-state index contributed by atoms with van der Waals surface area (Å²) >= 11 is 0. The molecule has 1 aliphatic carbocycles. The van der Waals surface area contributed by atoms with E-state index in [4.69, 9.17) is 10.5 Å². The van der Waals surface area contributed by atoms with Crippen molar-refractivity contribution in [1.82, 2.24) is 0 Å². The predicted octanol–water partition coefficient (Wildman–Crippen LogP) is 2.71. The molecule has 90 valence electrons. The minimum atomic E-state index is -0.0117.